The van der Waals surface area contributed by atoms with Crippen LogP contribution < -0.4 is 10.1 Å². The van der Waals surface area contributed by atoms with E-state index in [4.69, 9.17) is 10.00 Å². The Balaban J connectivity index is 1.96. The Bertz CT molecular complexity index is 510. The third kappa shape index (κ3) is 2.83. The van der Waals surface area contributed by atoms with Crippen LogP contribution in [0.3, 0.4) is 0 Å². The molecule has 2 rings (SSSR count). The zero-order valence-corrected chi connectivity index (χ0v) is 10.5. The van der Waals surface area contributed by atoms with Gasteiger partial charge < -0.3 is 14.8 Å². The van der Waals surface area contributed by atoms with Gasteiger partial charge in [0.05, 0.1) is 26.4 Å². The van der Waals surface area contributed by atoms with Crippen LogP contribution in [-0.2, 0) is 11.3 Å². The molecule has 1 aromatic rings. The first kappa shape index (κ1) is 13.7. The highest BCUT2D eigenvalue weighted by Crippen LogP contribution is 2.26. The quantitative estimate of drug-likeness (QED) is 0.881. The van der Waals surface area contributed by atoms with Crippen molar-refractivity contribution in [3.05, 3.63) is 29.3 Å². The Morgan fingerprint density at radius 3 is 2.68 bits per heavy atom. The monoisotopic (exact) mass is 268 g/mol. The second-order valence-electron chi connectivity index (χ2n) is 4.57. The molecule has 0 amide bonds. The van der Waals surface area contributed by atoms with Gasteiger partial charge in [0.15, 0.2) is 11.6 Å². The van der Waals surface area contributed by atoms with Crippen molar-refractivity contribution in [2.24, 2.45) is 5.41 Å². The molecule has 6 heteroatoms. The van der Waals surface area contributed by atoms with Crippen molar-refractivity contribution in [1.29, 1.82) is 5.26 Å². The van der Waals surface area contributed by atoms with Crippen LogP contribution in [-0.4, -0.2) is 26.9 Å². The van der Waals surface area contributed by atoms with Crippen molar-refractivity contribution in [1.82, 2.24) is 5.32 Å². The van der Waals surface area contributed by atoms with E-state index < -0.39 is 17.0 Å². The molecule has 0 unspecified atom stereocenters. The van der Waals surface area contributed by atoms with Crippen molar-refractivity contribution in [2.75, 3.05) is 26.9 Å². The lowest BCUT2D eigenvalue weighted by Gasteiger charge is -2.35. The number of rotatable bonds is 5. The number of nitrogens with zero attached hydrogens (tertiary/aromatic N) is 1. The zero-order valence-electron chi connectivity index (χ0n) is 10.5. The van der Waals surface area contributed by atoms with E-state index in [0.717, 1.165) is 12.1 Å². The molecule has 102 valence electrons. The van der Waals surface area contributed by atoms with Crippen molar-refractivity contribution in [3.8, 4) is 11.8 Å². The van der Waals surface area contributed by atoms with Gasteiger partial charge in [0, 0.05) is 24.7 Å². The lowest BCUT2D eigenvalue weighted by atomic mass is 9.88. The summed E-state index contributed by atoms with van der Waals surface area (Å²) in [5.41, 5.74) is -0.340. The van der Waals surface area contributed by atoms with Gasteiger partial charge >= 0.3 is 0 Å². The first-order valence-corrected chi connectivity index (χ1v) is 5.82. The Labute approximate surface area is 109 Å². The Hall–Kier alpha value is -1.71. The largest absolute Gasteiger partial charge is 0.494 e. The molecule has 0 aromatic heterocycles. The minimum atomic E-state index is -0.609. The number of ether oxygens (including phenoxy) is 2. The molecule has 19 heavy (non-hydrogen) atoms. The first-order valence-electron chi connectivity index (χ1n) is 5.82. The molecule has 0 atom stereocenters. The summed E-state index contributed by atoms with van der Waals surface area (Å²) in [6.07, 6.45) is 0. The summed E-state index contributed by atoms with van der Waals surface area (Å²) in [5.74, 6) is -1.27. The molecule has 1 saturated heterocycles. The number of halogens is 2. The Kier molecular flexibility index (Phi) is 3.98. The number of benzene rings is 1. The van der Waals surface area contributed by atoms with E-state index in [1.807, 2.05) is 0 Å². The first-order chi connectivity index (χ1) is 9.10. The predicted octanol–water partition coefficient (Wildman–Crippen LogP) is 1.60. The van der Waals surface area contributed by atoms with Crippen LogP contribution in [0.4, 0.5) is 8.78 Å². The fourth-order valence-electron chi connectivity index (χ4n) is 1.85. The van der Waals surface area contributed by atoms with Gasteiger partial charge in [-0.25, -0.2) is 8.78 Å². The number of nitriles is 1. The van der Waals surface area contributed by atoms with E-state index in [1.165, 1.54) is 7.11 Å². The van der Waals surface area contributed by atoms with Gasteiger partial charge in [-0.05, 0) is 6.07 Å². The molecule has 1 N–H and O–H groups in total. The molecule has 0 radical (unpaired) electrons. The van der Waals surface area contributed by atoms with Gasteiger partial charge in [0.25, 0.3) is 0 Å². The van der Waals surface area contributed by atoms with Gasteiger partial charge in [0.1, 0.15) is 11.2 Å². The van der Waals surface area contributed by atoms with Crippen LogP contribution in [0.25, 0.3) is 0 Å². The molecular weight excluding hydrogens is 254 g/mol. The van der Waals surface area contributed by atoms with E-state index in [1.54, 1.807) is 0 Å². The Morgan fingerprint density at radius 1 is 1.42 bits per heavy atom. The van der Waals surface area contributed by atoms with Crippen LogP contribution in [0.15, 0.2) is 12.1 Å². The number of hydrogen-bond acceptors (Lipinski definition) is 4. The standard InChI is InChI=1S/C13H14F2N2O2/c1-18-12-3-10(14)9(2-11(12)15)4-17-6-13(5-16)7-19-8-13/h2-3,17H,4,6-8H2,1H3. The molecule has 1 heterocycles. The topological polar surface area (TPSA) is 54.3 Å². The average molecular weight is 268 g/mol. The van der Waals surface area contributed by atoms with E-state index >= 15 is 0 Å². The molecule has 1 fully saturated rings. The normalized spacial score (nSPS) is 16.5. The van der Waals surface area contributed by atoms with E-state index in [-0.39, 0.29) is 17.9 Å². The third-order valence-corrected chi connectivity index (χ3v) is 3.09. The molecule has 4 nitrogen and oxygen atoms in total. The zero-order chi connectivity index (χ0) is 13.9. The summed E-state index contributed by atoms with van der Waals surface area (Å²) in [5, 5.41) is 11.9. The van der Waals surface area contributed by atoms with Crippen LogP contribution in [0.5, 0.6) is 5.75 Å². The minimum absolute atomic E-state index is 0.123. The highest BCUT2D eigenvalue weighted by Gasteiger charge is 2.38. The fraction of sp³-hybridized carbons (Fsp3) is 0.462. The molecule has 1 aliphatic rings. The molecular formula is C13H14F2N2O2. The molecule has 1 aromatic carbocycles. The average Bonchev–Trinajstić information content (AvgIpc) is 2.36. The van der Waals surface area contributed by atoms with Crippen molar-refractivity contribution in [2.45, 2.75) is 6.54 Å². The smallest absolute Gasteiger partial charge is 0.165 e. The highest BCUT2D eigenvalue weighted by atomic mass is 19.1. The van der Waals surface area contributed by atoms with Gasteiger partial charge in [-0.1, -0.05) is 0 Å². The summed E-state index contributed by atoms with van der Waals surface area (Å²) < 4.78 is 36.8. The summed E-state index contributed by atoms with van der Waals surface area (Å²) in [6, 6.07) is 4.28. The van der Waals surface area contributed by atoms with Crippen molar-refractivity contribution >= 4 is 0 Å². The maximum absolute atomic E-state index is 13.6. The second-order valence-corrected chi connectivity index (χ2v) is 4.57. The number of hydrogen-bond donors (Lipinski definition) is 1. The van der Waals surface area contributed by atoms with Crippen LogP contribution >= 0.6 is 0 Å². The van der Waals surface area contributed by atoms with E-state index in [0.29, 0.717) is 19.8 Å². The SMILES string of the molecule is COc1cc(F)c(CNCC2(C#N)COC2)cc1F. The summed E-state index contributed by atoms with van der Waals surface area (Å²) in [7, 11) is 1.28. The third-order valence-electron chi connectivity index (χ3n) is 3.09. The Morgan fingerprint density at radius 2 is 2.16 bits per heavy atom. The van der Waals surface area contributed by atoms with Crippen LogP contribution in [0.2, 0.25) is 0 Å². The molecule has 1 aliphatic heterocycles. The second kappa shape index (κ2) is 5.51. The highest BCUT2D eigenvalue weighted by molar-refractivity contribution is 5.30. The number of methoxy groups -OCH3 is 1. The van der Waals surface area contributed by atoms with E-state index in [9.17, 15) is 8.78 Å². The summed E-state index contributed by atoms with van der Waals surface area (Å²) in [6.45, 7) is 1.28. The van der Waals surface area contributed by atoms with Crippen molar-refractivity contribution in [3.63, 3.8) is 0 Å². The van der Waals surface area contributed by atoms with Gasteiger partial charge in [-0.2, -0.15) is 5.26 Å². The van der Waals surface area contributed by atoms with Crippen LogP contribution in [0.1, 0.15) is 5.56 Å². The summed E-state index contributed by atoms with van der Waals surface area (Å²) >= 11 is 0. The molecule has 0 aliphatic carbocycles. The molecule has 0 spiro atoms. The maximum atomic E-state index is 13.6. The van der Waals surface area contributed by atoms with Crippen LogP contribution in [0, 0.1) is 28.4 Å². The summed E-state index contributed by atoms with van der Waals surface area (Å²) in [4.78, 5) is 0. The molecule has 0 saturated carbocycles. The van der Waals surface area contributed by atoms with Gasteiger partial charge in [-0.3, -0.25) is 0 Å². The predicted molar refractivity (Wildman–Crippen MR) is 63.5 cm³/mol. The van der Waals surface area contributed by atoms with Gasteiger partial charge in [0.2, 0.25) is 0 Å². The van der Waals surface area contributed by atoms with E-state index in [2.05, 4.69) is 16.1 Å². The van der Waals surface area contributed by atoms with Gasteiger partial charge in [-0.15, -0.1) is 0 Å². The lowest BCUT2D eigenvalue weighted by molar-refractivity contribution is -0.0755. The minimum Gasteiger partial charge on any atom is -0.494 e. The lowest BCUT2D eigenvalue weighted by Crippen LogP contribution is -2.48. The van der Waals surface area contributed by atoms with Crippen molar-refractivity contribution < 1.29 is 18.3 Å². The maximum Gasteiger partial charge on any atom is 0.165 e. The number of nitrogens with one attached hydrogen (secondary N) is 1. The molecule has 0 bridgehead atoms. The fourth-order valence-corrected chi connectivity index (χ4v) is 1.85.